The maximum absolute atomic E-state index is 13.0. The van der Waals surface area contributed by atoms with E-state index in [1.165, 1.54) is 18.4 Å². The van der Waals surface area contributed by atoms with Crippen LogP contribution in [0.25, 0.3) is 0 Å². The molecule has 2 bridgehead atoms. The van der Waals surface area contributed by atoms with Gasteiger partial charge < -0.3 is 15.2 Å². The van der Waals surface area contributed by atoms with Gasteiger partial charge in [-0.15, -0.1) is 11.3 Å². The number of carboxylic acids is 1. The van der Waals surface area contributed by atoms with Gasteiger partial charge in [0.2, 0.25) is 5.91 Å². The second kappa shape index (κ2) is 6.78. The summed E-state index contributed by atoms with van der Waals surface area (Å²) in [4.78, 5) is 38.2. The molecule has 1 heterocycles. The van der Waals surface area contributed by atoms with Crippen LogP contribution < -0.4 is 5.32 Å². The lowest BCUT2D eigenvalue weighted by Crippen LogP contribution is -2.36. The third-order valence-electron chi connectivity index (χ3n) is 6.19. The third kappa shape index (κ3) is 2.98. The fraction of sp³-hybridized carbons (Fsp3) is 0.550. The number of carbonyl (C=O) groups is 3. The Balaban J connectivity index is 1.64. The van der Waals surface area contributed by atoms with Crippen molar-refractivity contribution in [3.05, 3.63) is 28.2 Å². The molecular weight excluding hydrogens is 366 g/mol. The lowest BCUT2D eigenvalue weighted by Gasteiger charge is -2.23. The minimum absolute atomic E-state index is 0.0488. The standard InChI is InChI=1S/C20H23NO5S/c1-9-3-6-12-13(7-9)27-18(16(12)20(25)26-2)21-17(22)14-10-4-5-11(8-10)15(14)19(23)24/h4-5,9-11,14-15H,3,6-8H2,1-2H3,(H,21,22)(H,23,24)/t9-,10-,11-,14-,15-/m0/s1. The Morgan fingerprint density at radius 2 is 1.93 bits per heavy atom. The van der Waals surface area contributed by atoms with E-state index in [0.717, 1.165) is 29.7 Å². The molecule has 1 aromatic rings. The zero-order valence-corrected chi connectivity index (χ0v) is 16.2. The van der Waals surface area contributed by atoms with Crippen LogP contribution in [-0.4, -0.2) is 30.1 Å². The van der Waals surface area contributed by atoms with Crippen molar-refractivity contribution >= 4 is 34.2 Å². The van der Waals surface area contributed by atoms with Gasteiger partial charge in [-0.2, -0.15) is 0 Å². The van der Waals surface area contributed by atoms with Crippen LogP contribution in [0.5, 0.6) is 0 Å². The van der Waals surface area contributed by atoms with Gasteiger partial charge in [-0.25, -0.2) is 4.79 Å². The molecular formula is C20H23NO5S. The molecule has 0 unspecified atom stereocenters. The summed E-state index contributed by atoms with van der Waals surface area (Å²) in [7, 11) is 1.34. The zero-order valence-electron chi connectivity index (χ0n) is 15.4. The van der Waals surface area contributed by atoms with Gasteiger partial charge in [0.1, 0.15) is 5.00 Å². The number of amides is 1. The van der Waals surface area contributed by atoms with Crippen LogP contribution in [-0.2, 0) is 27.2 Å². The Kier molecular flexibility index (Phi) is 4.58. The molecule has 7 heteroatoms. The molecule has 5 atom stereocenters. The quantitative estimate of drug-likeness (QED) is 0.610. The molecule has 0 radical (unpaired) electrons. The summed E-state index contributed by atoms with van der Waals surface area (Å²) in [5, 5.41) is 13.0. The van der Waals surface area contributed by atoms with Gasteiger partial charge in [-0.3, -0.25) is 9.59 Å². The van der Waals surface area contributed by atoms with Crippen LogP contribution in [0.15, 0.2) is 12.2 Å². The average molecular weight is 389 g/mol. The van der Waals surface area contributed by atoms with Crippen molar-refractivity contribution in [2.24, 2.45) is 29.6 Å². The molecule has 6 nitrogen and oxygen atoms in total. The third-order valence-corrected chi connectivity index (χ3v) is 7.35. The van der Waals surface area contributed by atoms with Crippen molar-refractivity contribution in [1.29, 1.82) is 0 Å². The lowest BCUT2D eigenvalue weighted by atomic mass is 9.82. The summed E-state index contributed by atoms with van der Waals surface area (Å²) < 4.78 is 4.96. The van der Waals surface area contributed by atoms with Gasteiger partial charge >= 0.3 is 11.9 Å². The summed E-state index contributed by atoms with van der Waals surface area (Å²) in [6, 6.07) is 0. The first-order valence-electron chi connectivity index (χ1n) is 9.35. The number of hydrogen-bond acceptors (Lipinski definition) is 5. The molecule has 1 fully saturated rings. The van der Waals surface area contributed by atoms with Gasteiger partial charge in [-0.1, -0.05) is 19.1 Å². The summed E-state index contributed by atoms with van der Waals surface area (Å²) in [6.07, 6.45) is 7.25. The number of thiophene rings is 1. The SMILES string of the molecule is COC(=O)c1c(NC(=O)[C@@H]2[C@@H](C(=O)O)[C@H]3C=C[C@H]2C3)sc2c1CC[C@H](C)C2. The van der Waals surface area contributed by atoms with E-state index in [2.05, 4.69) is 12.2 Å². The van der Waals surface area contributed by atoms with E-state index >= 15 is 0 Å². The first-order chi connectivity index (χ1) is 12.9. The summed E-state index contributed by atoms with van der Waals surface area (Å²) >= 11 is 1.43. The number of anilines is 1. The Morgan fingerprint density at radius 1 is 1.22 bits per heavy atom. The Hall–Kier alpha value is -2.15. The second-order valence-electron chi connectivity index (χ2n) is 7.87. The van der Waals surface area contributed by atoms with E-state index in [1.54, 1.807) is 0 Å². The van der Waals surface area contributed by atoms with Gasteiger partial charge in [0.15, 0.2) is 0 Å². The van der Waals surface area contributed by atoms with Crippen molar-refractivity contribution < 1.29 is 24.2 Å². The maximum Gasteiger partial charge on any atom is 0.341 e. The number of carboxylic acid groups (broad SMARTS) is 1. The first-order valence-corrected chi connectivity index (χ1v) is 10.2. The summed E-state index contributed by atoms with van der Waals surface area (Å²) in [5.41, 5.74) is 1.42. The number of allylic oxidation sites excluding steroid dienone is 2. The van der Waals surface area contributed by atoms with E-state index in [4.69, 9.17) is 4.74 Å². The Labute approximate surface area is 161 Å². The maximum atomic E-state index is 13.0. The smallest absolute Gasteiger partial charge is 0.341 e. The number of ether oxygens (including phenoxy) is 1. The van der Waals surface area contributed by atoms with Crippen molar-refractivity contribution in [2.75, 3.05) is 12.4 Å². The topological polar surface area (TPSA) is 92.7 Å². The number of carbonyl (C=O) groups excluding carboxylic acids is 2. The zero-order chi connectivity index (χ0) is 19.3. The van der Waals surface area contributed by atoms with Crippen LogP contribution in [0.4, 0.5) is 5.00 Å². The summed E-state index contributed by atoms with van der Waals surface area (Å²) in [5.74, 6) is -2.57. The fourth-order valence-corrected chi connectivity index (χ4v) is 6.27. The normalized spacial score (nSPS) is 30.8. The number of methoxy groups -OCH3 is 1. The molecule has 3 aliphatic rings. The van der Waals surface area contributed by atoms with E-state index < -0.39 is 23.8 Å². The van der Waals surface area contributed by atoms with E-state index in [1.807, 2.05) is 12.2 Å². The largest absolute Gasteiger partial charge is 0.481 e. The predicted molar refractivity (Wildman–Crippen MR) is 101 cm³/mol. The molecule has 1 saturated carbocycles. The predicted octanol–water partition coefficient (Wildman–Crippen LogP) is 3.12. The monoisotopic (exact) mass is 389 g/mol. The fourth-order valence-electron chi connectivity index (χ4n) is 4.87. The highest BCUT2D eigenvalue weighted by atomic mass is 32.1. The van der Waals surface area contributed by atoms with E-state index in [0.29, 0.717) is 22.9 Å². The highest BCUT2D eigenvalue weighted by Gasteiger charge is 2.51. The number of aliphatic carboxylic acids is 1. The molecule has 4 rings (SSSR count). The summed E-state index contributed by atoms with van der Waals surface area (Å²) in [6.45, 7) is 2.18. The molecule has 2 N–H and O–H groups in total. The van der Waals surface area contributed by atoms with Crippen molar-refractivity contribution in [3.63, 3.8) is 0 Å². The highest BCUT2D eigenvalue weighted by molar-refractivity contribution is 7.17. The molecule has 0 aliphatic heterocycles. The Morgan fingerprint density at radius 3 is 2.59 bits per heavy atom. The molecule has 27 heavy (non-hydrogen) atoms. The number of fused-ring (bicyclic) bond motifs is 3. The second-order valence-corrected chi connectivity index (χ2v) is 8.98. The number of rotatable bonds is 4. The van der Waals surface area contributed by atoms with Crippen molar-refractivity contribution in [1.82, 2.24) is 0 Å². The Bertz CT molecular complexity index is 842. The minimum atomic E-state index is -0.931. The van der Waals surface area contributed by atoms with Gasteiger partial charge in [0, 0.05) is 4.88 Å². The molecule has 1 amide bonds. The van der Waals surface area contributed by atoms with Gasteiger partial charge in [-0.05, 0) is 49.0 Å². The van der Waals surface area contributed by atoms with E-state index in [9.17, 15) is 19.5 Å². The molecule has 1 aromatic heterocycles. The number of nitrogens with one attached hydrogen (secondary N) is 1. The lowest BCUT2D eigenvalue weighted by molar-refractivity contribution is -0.146. The van der Waals surface area contributed by atoms with Gasteiger partial charge in [0.25, 0.3) is 0 Å². The first kappa shape index (κ1) is 18.2. The van der Waals surface area contributed by atoms with Crippen LogP contribution in [0.3, 0.4) is 0 Å². The van der Waals surface area contributed by atoms with E-state index in [-0.39, 0.29) is 17.7 Å². The van der Waals surface area contributed by atoms with Crippen LogP contribution in [0.1, 0.15) is 40.6 Å². The molecule has 0 aromatic carbocycles. The minimum Gasteiger partial charge on any atom is -0.481 e. The van der Waals surface area contributed by atoms with Crippen molar-refractivity contribution in [2.45, 2.75) is 32.6 Å². The van der Waals surface area contributed by atoms with Gasteiger partial charge in [0.05, 0.1) is 24.5 Å². The number of esters is 1. The van der Waals surface area contributed by atoms with Crippen LogP contribution in [0, 0.1) is 29.6 Å². The molecule has 0 saturated heterocycles. The molecule has 144 valence electrons. The van der Waals surface area contributed by atoms with Crippen molar-refractivity contribution in [3.8, 4) is 0 Å². The molecule has 0 spiro atoms. The molecule has 3 aliphatic carbocycles. The van der Waals surface area contributed by atoms with Crippen LogP contribution >= 0.6 is 11.3 Å². The average Bonchev–Trinajstić information content (AvgIpc) is 3.32. The highest BCUT2D eigenvalue weighted by Crippen LogP contribution is 2.49. The number of hydrogen-bond donors (Lipinski definition) is 2. The van der Waals surface area contributed by atoms with Crippen LogP contribution in [0.2, 0.25) is 0 Å².